The summed E-state index contributed by atoms with van der Waals surface area (Å²) in [5, 5.41) is 2.77. The van der Waals surface area contributed by atoms with Crippen molar-refractivity contribution in [1.29, 1.82) is 0 Å². The third-order valence-electron chi connectivity index (χ3n) is 2.63. The maximum Gasteiger partial charge on any atom is 0.286 e. The number of hydrogen-bond acceptors (Lipinski definition) is 5. The molecule has 7 heteroatoms. The van der Waals surface area contributed by atoms with Gasteiger partial charge in [0.2, 0.25) is 5.91 Å². The van der Waals surface area contributed by atoms with E-state index < -0.39 is 5.91 Å². The molecule has 1 aliphatic heterocycles. The van der Waals surface area contributed by atoms with Gasteiger partial charge in [-0.2, -0.15) is 4.99 Å². The van der Waals surface area contributed by atoms with Crippen LogP contribution >= 0.6 is 11.8 Å². The maximum atomic E-state index is 11.8. The number of carbonyl (C=O) groups is 2. The average molecular weight is 306 g/mol. The first-order valence-electron chi connectivity index (χ1n) is 6.05. The predicted octanol–water partition coefficient (Wildman–Crippen LogP) is 1.81. The van der Waals surface area contributed by atoms with E-state index in [2.05, 4.69) is 10.3 Å². The molecular formula is C14H14N2O4S. The van der Waals surface area contributed by atoms with Crippen molar-refractivity contribution in [2.75, 3.05) is 14.2 Å². The summed E-state index contributed by atoms with van der Waals surface area (Å²) in [4.78, 5) is 27.0. The Morgan fingerprint density at radius 1 is 1.33 bits per heavy atom. The van der Waals surface area contributed by atoms with Crippen LogP contribution in [0.5, 0.6) is 11.5 Å². The summed E-state index contributed by atoms with van der Waals surface area (Å²) < 4.78 is 10.4. The van der Waals surface area contributed by atoms with Crippen molar-refractivity contribution in [2.45, 2.75) is 6.92 Å². The van der Waals surface area contributed by atoms with E-state index in [0.29, 0.717) is 22.0 Å². The molecule has 1 aliphatic rings. The van der Waals surface area contributed by atoms with Crippen LogP contribution in [0.1, 0.15) is 12.5 Å². The van der Waals surface area contributed by atoms with Gasteiger partial charge in [0.05, 0.1) is 19.1 Å². The van der Waals surface area contributed by atoms with Crippen LogP contribution in [0.2, 0.25) is 0 Å². The van der Waals surface area contributed by atoms with E-state index in [4.69, 9.17) is 9.47 Å². The fourth-order valence-corrected chi connectivity index (χ4v) is 2.56. The van der Waals surface area contributed by atoms with Crippen LogP contribution in [0.4, 0.5) is 0 Å². The molecule has 0 fully saturated rings. The number of nitrogens with zero attached hydrogens (tertiary/aromatic N) is 1. The van der Waals surface area contributed by atoms with Gasteiger partial charge >= 0.3 is 0 Å². The Morgan fingerprint density at radius 3 is 2.71 bits per heavy atom. The lowest BCUT2D eigenvalue weighted by molar-refractivity contribution is -0.117. The summed E-state index contributed by atoms with van der Waals surface area (Å²) >= 11 is 1.11. The zero-order chi connectivity index (χ0) is 15.4. The molecule has 0 spiro atoms. The molecule has 21 heavy (non-hydrogen) atoms. The Bertz CT molecular complexity index is 652. The lowest BCUT2D eigenvalue weighted by atomic mass is 10.1. The lowest BCUT2D eigenvalue weighted by Gasteiger charge is -2.07. The summed E-state index contributed by atoms with van der Waals surface area (Å²) in [5.41, 5.74) is 0.701. The molecule has 1 N–H and O–H groups in total. The molecule has 0 saturated heterocycles. The molecule has 0 aliphatic carbocycles. The highest BCUT2D eigenvalue weighted by atomic mass is 32.2. The van der Waals surface area contributed by atoms with Crippen molar-refractivity contribution < 1.29 is 19.1 Å². The lowest BCUT2D eigenvalue weighted by Crippen LogP contribution is -2.23. The Kier molecular flexibility index (Phi) is 4.64. The number of amides is 2. The standard InChI is InChI=1S/C14H14N2O4S/c1-8(17)15-14-16-13(18)12(21-14)7-9-6-10(19-2)4-5-11(9)20-3/h4-7H,1-3H3,(H,15,16,17,18)/b12-7+. The van der Waals surface area contributed by atoms with E-state index in [1.807, 2.05) is 0 Å². The van der Waals surface area contributed by atoms with Crippen LogP contribution in [-0.2, 0) is 9.59 Å². The highest BCUT2D eigenvalue weighted by molar-refractivity contribution is 8.18. The van der Waals surface area contributed by atoms with E-state index in [9.17, 15) is 9.59 Å². The zero-order valence-corrected chi connectivity index (χ0v) is 12.6. The molecule has 0 saturated carbocycles. The van der Waals surface area contributed by atoms with Crippen molar-refractivity contribution in [3.8, 4) is 11.5 Å². The second kappa shape index (κ2) is 6.45. The Balaban J connectivity index is 2.29. The van der Waals surface area contributed by atoms with Crippen LogP contribution in [0.25, 0.3) is 6.08 Å². The number of thioether (sulfide) groups is 1. The minimum atomic E-state index is -0.395. The molecule has 1 aromatic rings. The Labute approximate surface area is 126 Å². The predicted molar refractivity (Wildman–Crippen MR) is 81.4 cm³/mol. The van der Waals surface area contributed by atoms with Crippen molar-refractivity contribution in [3.63, 3.8) is 0 Å². The monoisotopic (exact) mass is 306 g/mol. The van der Waals surface area contributed by atoms with Gasteiger partial charge < -0.3 is 14.8 Å². The largest absolute Gasteiger partial charge is 0.497 e. The molecule has 1 aromatic carbocycles. The van der Waals surface area contributed by atoms with Crippen molar-refractivity contribution in [2.24, 2.45) is 4.99 Å². The molecule has 0 unspecified atom stereocenters. The van der Waals surface area contributed by atoms with Crippen LogP contribution in [0, 0.1) is 0 Å². The van der Waals surface area contributed by atoms with Gasteiger partial charge in [-0.25, -0.2) is 0 Å². The molecular weight excluding hydrogens is 292 g/mol. The number of ether oxygens (including phenoxy) is 2. The SMILES string of the molecule is COc1ccc(OC)c(/C=C2/SC(NC(C)=O)=NC2=O)c1. The van der Waals surface area contributed by atoms with Gasteiger partial charge in [0.25, 0.3) is 5.91 Å². The van der Waals surface area contributed by atoms with Crippen LogP contribution in [0.3, 0.4) is 0 Å². The maximum absolute atomic E-state index is 11.8. The van der Waals surface area contributed by atoms with Crippen molar-refractivity contribution in [3.05, 3.63) is 28.7 Å². The highest BCUT2D eigenvalue weighted by Crippen LogP contribution is 2.32. The molecule has 2 amide bonds. The first-order chi connectivity index (χ1) is 10.0. The number of carbonyl (C=O) groups excluding carboxylic acids is 2. The van der Waals surface area contributed by atoms with E-state index >= 15 is 0 Å². The van der Waals surface area contributed by atoms with Gasteiger partial charge in [-0.1, -0.05) is 0 Å². The summed E-state index contributed by atoms with van der Waals surface area (Å²) in [6, 6.07) is 5.28. The summed E-state index contributed by atoms with van der Waals surface area (Å²) in [6.45, 7) is 1.36. The number of amidine groups is 1. The van der Waals surface area contributed by atoms with Crippen molar-refractivity contribution >= 4 is 34.8 Å². The van der Waals surface area contributed by atoms with Crippen LogP contribution in [0.15, 0.2) is 28.1 Å². The van der Waals surface area contributed by atoms with Gasteiger partial charge in [-0.3, -0.25) is 9.59 Å². The van der Waals surface area contributed by atoms with Gasteiger partial charge in [0, 0.05) is 12.5 Å². The molecule has 0 radical (unpaired) electrons. The Morgan fingerprint density at radius 2 is 2.10 bits per heavy atom. The number of nitrogens with one attached hydrogen (secondary N) is 1. The highest BCUT2D eigenvalue weighted by Gasteiger charge is 2.23. The fourth-order valence-electron chi connectivity index (χ4n) is 1.71. The van der Waals surface area contributed by atoms with Gasteiger partial charge in [0.1, 0.15) is 11.5 Å². The third kappa shape index (κ3) is 3.63. The van der Waals surface area contributed by atoms with Gasteiger partial charge in [0.15, 0.2) is 5.17 Å². The van der Waals surface area contributed by atoms with Gasteiger partial charge in [-0.15, -0.1) is 0 Å². The van der Waals surface area contributed by atoms with Gasteiger partial charge in [-0.05, 0) is 36.0 Å². The molecule has 2 rings (SSSR count). The second-order valence-electron chi connectivity index (χ2n) is 4.12. The molecule has 110 valence electrons. The molecule has 1 heterocycles. The van der Waals surface area contributed by atoms with E-state index in [1.54, 1.807) is 38.5 Å². The average Bonchev–Trinajstić information content (AvgIpc) is 2.77. The topological polar surface area (TPSA) is 77.0 Å². The van der Waals surface area contributed by atoms with Crippen molar-refractivity contribution in [1.82, 2.24) is 5.32 Å². The summed E-state index contributed by atoms with van der Waals surface area (Å²) in [5.74, 6) is 0.605. The zero-order valence-electron chi connectivity index (χ0n) is 11.8. The number of aliphatic imine (C=N–C) groups is 1. The quantitative estimate of drug-likeness (QED) is 0.862. The van der Waals surface area contributed by atoms with Crippen LogP contribution < -0.4 is 14.8 Å². The summed E-state index contributed by atoms with van der Waals surface area (Å²) in [6.07, 6.45) is 1.66. The third-order valence-corrected chi connectivity index (χ3v) is 3.53. The van der Waals surface area contributed by atoms with Crippen LogP contribution in [-0.4, -0.2) is 31.2 Å². The molecule has 0 bridgehead atoms. The molecule has 0 atom stereocenters. The molecule has 6 nitrogen and oxygen atoms in total. The number of hydrogen-bond donors (Lipinski definition) is 1. The first kappa shape index (κ1) is 15.1. The fraction of sp³-hybridized carbons (Fsp3) is 0.214. The summed E-state index contributed by atoms with van der Waals surface area (Å²) in [7, 11) is 3.11. The normalized spacial score (nSPS) is 15.9. The first-order valence-corrected chi connectivity index (χ1v) is 6.87. The number of benzene rings is 1. The smallest absolute Gasteiger partial charge is 0.286 e. The Hall–Kier alpha value is -2.28. The second-order valence-corrected chi connectivity index (χ2v) is 5.15. The number of methoxy groups -OCH3 is 2. The minimum Gasteiger partial charge on any atom is -0.497 e. The van der Waals surface area contributed by atoms with E-state index in [-0.39, 0.29) is 11.1 Å². The molecule has 0 aromatic heterocycles. The van der Waals surface area contributed by atoms with E-state index in [0.717, 1.165) is 11.8 Å². The van der Waals surface area contributed by atoms with E-state index in [1.165, 1.54) is 6.92 Å². The number of rotatable bonds is 3. The minimum absolute atomic E-state index is 0.269.